The molecule has 4 N–H and O–H groups in total. The van der Waals surface area contributed by atoms with Gasteiger partial charge >= 0.3 is 0 Å². The number of hydrogen-bond donors (Lipinski definition) is 3. The standard InChI is InChI=1S/C24H28N6O3S/c1-14(2)30-20-9-8-18(11-17(20)6-10-22(30)31)27-23-16(4)13-26-24(29-23)28-19-7-5-15(3)21(12-19)34(25,32)33/h5,7-9,11-14H,6,10H2,1-4H3,(H2,25,32,33)(H2,26,27,28,29). The van der Waals surface area contributed by atoms with Gasteiger partial charge in [0.2, 0.25) is 21.9 Å². The number of carbonyl (C=O) groups is 1. The van der Waals surface area contributed by atoms with Gasteiger partial charge in [0, 0.05) is 41.3 Å². The van der Waals surface area contributed by atoms with Crippen LogP contribution in [0.2, 0.25) is 0 Å². The monoisotopic (exact) mass is 480 g/mol. The Kier molecular flexibility index (Phi) is 6.28. The molecule has 1 aliphatic rings. The van der Waals surface area contributed by atoms with E-state index >= 15 is 0 Å². The Morgan fingerprint density at radius 1 is 1.00 bits per heavy atom. The number of primary sulfonamides is 1. The normalized spacial score (nSPS) is 13.7. The Labute approximate surface area is 199 Å². The van der Waals surface area contributed by atoms with Crippen molar-refractivity contribution < 1.29 is 13.2 Å². The van der Waals surface area contributed by atoms with E-state index in [0.717, 1.165) is 22.5 Å². The van der Waals surface area contributed by atoms with Gasteiger partial charge in [0.1, 0.15) is 5.82 Å². The maximum Gasteiger partial charge on any atom is 0.238 e. The second-order valence-corrected chi connectivity index (χ2v) is 10.2. The van der Waals surface area contributed by atoms with Crippen LogP contribution >= 0.6 is 0 Å². The van der Waals surface area contributed by atoms with E-state index in [9.17, 15) is 13.2 Å². The first-order valence-electron chi connectivity index (χ1n) is 11.0. The maximum atomic E-state index is 12.3. The van der Waals surface area contributed by atoms with Gasteiger partial charge in [-0.1, -0.05) is 6.07 Å². The average molecular weight is 481 g/mol. The molecular weight excluding hydrogens is 452 g/mol. The number of nitrogens with one attached hydrogen (secondary N) is 2. The second-order valence-electron chi connectivity index (χ2n) is 8.70. The quantitative estimate of drug-likeness (QED) is 0.487. The Bertz CT molecular complexity index is 1370. The minimum atomic E-state index is -3.84. The largest absolute Gasteiger partial charge is 0.340 e. The number of sulfonamides is 1. The number of benzene rings is 2. The van der Waals surface area contributed by atoms with Crippen LogP contribution in [0.1, 0.15) is 37.0 Å². The van der Waals surface area contributed by atoms with E-state index in [4.69, 9.17) is 5.14 Å². The molecule has 0 radical (unpaired) electrons. The Morgan fingerprint density at radius 2 is 1.71 bits per heavy atom. The van der Waals surface area contributed by atoms with Crippen molar-refractivity contribution in [2.75, 3.05) is 15.5 Å². The summed E-state index contributed by atoms with van der Waals surface area (Å²) in [6.45, 7) is 7.60. The molecule has 3 aromatic rings. The zero-order valence-corrected chi connectivity index (χ0v) is 20.4. The molecule has 0 unspecified atom stereocenters. The van der Waals surface area contributed by atoms with Crippen LogP contribution in [0.25, 0.3) is 0 Å². The Balaban J connectivity index is 1.59. The van der Waals surface area contributed by atoms with Gasteiger partial charge in [0.15, 0.2) is 0 Å². The van der Waals surface area contributed by atoms with E-state index in [1.54, 1.807) is 25.3 Å². The van der Waals surface area contributed by atoms with Gasteiger partial charge < -0.3 is 15.5 Å². The number of aryl methyl sites for hydroxylation is 3. The number of aromatic nitrogens is 2. The highest BCUT2D eigenvalue weighted by atomic mass is 32.2. The van der Waals surface area contributed by atoms with Crippen LogP contribution in [-0.4, -0.2) is 30.3 Å². The molecule has 0 atom stereocenters. The maximum absolute atomic E-state index is 12.3. The number of amides is 1. The molecule has 2 heterocycles. The lowest BCUT2D eigenvalue weighted by atomic mass is 9.99. The summed E-state index contributed by atoms with van der Waals surface area (Å²) in [4.78, 5) is 23.1. The predicted molar refractivity (Wildman–Crippen MR) is 133 cm³/mol. The van der Waals surface area contributed by atoms with Crippen molar-refractivity contribution in [3.05, 3.63) is 59.3 Å². The molecule has 9 nitrogen and oxygen atoms in total. The minimum Gasteiger partial charge on any atom is -0.340 e. The van der Waals surface area contributed by atoms with Gasteiger partial charge in [-0.25, -0.2) is 18.5 Å². The molecule has 4 rings (SSSR count). The zero-order chi connectivity index (χ0) is 24.6. The topological polar surface area (TPSA) is 130 Å². The molecule has 0 fully saturated rings. The Morgan fingerprint density at radius 3 is 2.41 bits per heavy atom. The van der Waals surface area contributed by atoms with E-state index in [1.165, 1.54) is 6.07 Å². The molecule has 0 saturated heterocycles. The van der Waals surface area contributed by atoms with Crippen LogP contribution in [-0.2, 0) is 21.2 Å². The number of hydrogen-bond acceptors (Lipinski definition) is 7. The van der Waals surface area contributed by atoms with Crippen molar-refractivity contribution in [3.63, 3.8) is 0 Å². The first-order chi connectivity index (χ1) is 16.0. The molecule has 1 aliphatic heterocycles. The fraction of sp³-hybridized carbons (Fsp3) is 0.292. The smallest absolute Gasteiger partial charge is 0.238 e. The molecule has 0 saturated carbocycles. The second kappa shape index (κ2) is 9.03. The number of nitrogens with two attached hydrogens (primary N) is 1. The molecule has 1 aromatic heterocycles. The van der Waals surface area contributed by atoms with Crippen LogP contribution in [0.5, 0.6) is 0 Å². The third-order valence-corrected chi connectivity index (χ3v) is 6.77. The van der Waals surface area contributed by atoms with Crippen LogP contribution in [0.3, 0.4) is 0 Å². The third-order valence-electron chi connectivity index (χ3n) is 5.72. The van der Waals surface area contributed by atoms with Crippen molar-refractivity contribution in [2.45, 2.75) is 51.5 Å². The SMILES string of the molecule is Cc1ccc(Nc2ncc(C)c(Nc3ccc4c(c3)CCC(=O)N4C(C)C)n2)cc1S(N)(=O)=O. The van der Waals surface area contributed by atoms with Crippen LogP contribution in [0.15, 0.2) is 47.5 Å². The number of carbonyl (C=O) groups excluding carboxylic acids is 1. The Hall–Kier alpha value is -3.50. The third kappa shape index (κ3) is 4.87. The van der Waals surface area contributed by atoms with Gasteiger partial charge in [0.05, 0.1) is 4.90 Å². The van der Waals surface area contributed by atoms with E-state index < -0.39 is 10.0 Å². The summed E-state index contributed by atoms with van der Waals surface area (Å²) < 4.78 is 23.7. The summed E-state index contributed by atoms with van der Waals surface area (Å²) in [5, 5.41) is 11.7. The van der Waals surface area contributed by atoms with Gasteiger partial charge in [-0.05, 0) is 75.6 Å². The highest BCUT2D eigenvalue weighted by molar-refractivity contribution is 7.89. The molecule has 0 bridgehead atoms. The van der Waals surface area contributed by atoms with Gasteiger partial charge in [-0.2, -0.15) is 4.98 Å². The molecule has 34 heavy (non-hydrogen) atoms. The summed E-state index contributed by atoms with van der Waals surface area (Å²) >= 11 is 0. The number of rotatable bonds is 6. The first-order valence-corrected chi connectivity index (χ1v) is 12.5. The van der Waals surface area contributed by atoms with Crippen molar-refractivity contribution in [3.8, 4) is 0 Å². The van der Waals surface area contributed by atoms with Gasteiger partial charge in [-0.3, -0.25) is 4.79 Å². The zero-order valence-electron chi connectivity index (χ0n) is 19.6. The summed E-state index contributed by atoms with van der Waals surface area (Å²) in [6.07, 6.45) is 2.87. The lowest BCUT2D eigenvalue weighted by molar-refractivity contribution is -0.119. The van der Waals surface area contributed by atoms with Crippen LogP contribution in [0, 0.1) is 13.8 Å². The highest BCUT2D eigenvalue weighted by Gasteiger charge is 2.26. The molecular formula is C24H28N6O3S. The van der Waals surface area contributed by atoms with Crippen molar-refractivity contribution in [1.82, 2.24) is 9.97 Å². The molecule has 1 amide bonds. The van der Waals surface area contributed by atoms with E-state index in [2.05, 4.69) is 20.6 Å². The lowest BCUT2D eigenvalue weighted by Crippen LogP contribution is -2.40. The molecule has 2 aromatic carbocycles. The van der Waals surface area contributed by atoms with E-state index in [0.29, 0.717) is 35.9 Å². The molecule has 0 aliphatic carbocycles. The van der Waals surface area contributed by atoms with Crippen LogP contribution < -0.4 is 20.7 Å². The fourth-order valence-electron chi connectivity index (χ4n) is 4.04. The highest BCUT2D eigenvalue weighted by Crippen LogP contribution is 2.33. The van der Waals surface area contributed by atoms with Gasteiger partial charge in [0.25, 0.3) is 0 Å². The van der Waals surface area contributed by atoms with Crippen molar-refractivity contribution >= 4 is 44.8 Å². The number of anilines is 5. The number of fused-ring (bicyclic) bond motifs is 1. The first kappa shape index (κ1) is 23.7. The lowest BCUT2D eigenvalue weighted by Gasteiger charge is -2.33. The van der Waals surface area contributed by atoms with E-state index in [1.807, 2.05) is 43.9 Å². The predicted octanol–water partition coefficient (Wildman–Crippen LogP) is 3.92. The minimum absolute atomic E-state index is 0.0472. The van der Waals surface area contributed by atoms with Crippen LogP contribution in [0.4, 0.5) is 28.8 Å². The molecule has 10 heteroatoms. The summed E-state index contributed by atoms with van der Waals surface area (Å²) in [5.41, 5.74) is 4.83. The molecule has 178 valence electrons. The summed E-state index contributed by atoms with van der Waals surface area (Å²) in [6, 6.07) is 10.9. The van der Waals surface area contributed by atoms with E-state index in [-0.39, 0.29) is 16.8 Å². The van der Waals surface area contributed by atoms with Gasteiger partial charge in [-0.15, -0.1) is 0 Å². The number of nitrogens with zero attached hydrogens (tertiary/aromatic N) is 3. The van der Waals surface area contributed by atoms with Crippen molar-refractivity contribution in [1.29, 1.82) is 0 Å². The fourth-order valence-corrected chi connectivity index (χ4v) is 4.85. The van der Waals surface area contributed by atoms with Crippen molar-refractivity contribution in [2.24, 2.45) is 5.14 Å². The average Bonchev–Trinajstić information content (AvgIpc) is 2.76. The summed E-state index contributed by atoms with van der Waals surface area (Å²) in [5.74, 6) is 1.07. The summed E-state index contributed by atoms with van der Waals surface area (Å²) in [7, 11) is -3.84. The molecule has 0 spiro atoms.